The molecule has 22 heavy (non-hydrogen) atoms. The molecule has 0 spiro atoms. The zero-order valence-electron chi connectivity index (χ0n) is 12.3. The second kappa shape index (κ2) is 7.42. The Balaban J connectivity index is 2.40. The quantitative estimate of drug-likeness (QED) is 0.825. The van der Waals surface area contributed by atoms with Crippen molar-refractivity contribution in [3.05, 3.63) is 64.1 Å². The molecule has 4 nitrogen and oxygen atoms in total. The van der Waals surface area contributed by atoms with Crippen LogP contribution in [-0.4, -0.2) is 25.3 Å². The third-order valence-corrected chi connectivity index (χ3v) is 3.96. The molecule has 0 bridgehead atoms. The Bertz CT molecular complexity index is 639. The van der Waals surface area contributed by atoms with E-state index in [1.54, 1.807) is 43.5 Å². The molecule has 0 aliphatic heterocycles. The Hall–Kier alpha value is -1.85. The average molecular weight is 365 g/mol. The molecular weight excluding hydrogens is 348 g/mol. The van der Waals surface area contributed by atoms with Crippen molar-refractivity contribution in [2.75, 3.05) is 14.2 Å². The summed E-state index contributed by atoms with van der Waals surface area (Å²) in [6.07, 6.45) is -1.01. The average Bonchev–Trinajstić information content (AvgIpc) is 2.55. The lowest BCUT2D eigenvalue weighted by atomic mass is 9.89. The number of hydrogen-bond donors (Lipinski definition) is 1. The SMILES string of the molecule is COC(=O)[C@@H](c1cccc(OC)c1)[C@H](O)c1ccc(Br)cc1. The first kappa shape index (κ1) is 16.5. The molecule has 2 aromatic rings. The first-order valence-corrected chi connectivity index (χ1v) is 7.51. The molecule has 0 saturated heterocycles. The Morgan fingerprint density at radius 2 is 1.77 bits per heavy atom. The molecule has 2 atom stereocenters. The van der Waals surface area contributed by atoms with E-state index in [-0.39, 0.29) is 0 Å². The Labute approximate surface area is 137 Å². The van der Waals surface area contributed by atoms with Gasteiger partial charge >= 0.3 is 5.97 Å². The van der Waals surface area contributed by atoms with Crippen LogP contribution in [0.3, 0.4) is 0 Å². The standard InChI is InChI=1S/C17H17BrO4/c1-21-14-5-3-4-12(10-14)15(17(20)22-2)16(19)11-6-8-13(18)9-7-11/h3-10,15-16,19H,1-2H3/t15-,16+/m0/s1. The topological polar surface area (TPSA) is 55.8 Å². The van der Waals surface area contributed by atoms with E-state index in [1.807, 2.05) is 12.1 Å². The zero-order valence-corrected chi connectivity index (χ0v) is 13.9. The smallest absolute Gasteiger partial charge is 0.316 e. The molecule has 5 heteroatoms. The molecule has 0 aromatic heterocycles. The summed E-state index contributed by atoms with van der Waals surface area (Å²) in [6, 6.07) is 14.2. The third-order valence-electron chi connectivity index (χ3n) is 3.44. The lowest BCUT2D eigenvalue weighted by Crippen LogP contribution is -2.21. The van der Waals surface area contributed by atoms with Crippen LogP contribution in [0.5, 0.6) is 5.75 Å². The van der Waals surface area contributed by atoms with E-state index in [0.29, 0.717) is 16.9 Å². The summed E-state index contributed by atoms with van der Waals surface area (Å²) < 4.78 is 10.9. The van der Waals surface area contributed by atoms with E-state index in [4.69, 9.17) is 9.47 Å². The van der Waals surface area contributed by atoms with Crippen LogP contribution in [0, 0.1) is 0 Å². The number of rotatable bonds is 5. The van der Waals surface area contributed by atoms with Gasteiger partial charge < -0.3 is 14.6 Å². The fourth-order valence-corrected chi connectivity index (χ4v) is 2.53. The maximum absolute atomic E-state index is 12.2. The Morgan fingerprint density at radius 1 is 1.09 bits per heavy atom. The van der Waals surface area contributed by atoms with Gasteiger partial charge in [0.1, 0.15) is 11.7 Å². The lowest BCUT2D eigenvalue weighted by molar-refractivity contribution is -0.145. The normalized spacial score (nSPS) is 13.3. The van der Waals surface area contributed by atoms with Gasteiger partial charge in [0.15, 0.2) is 0 Å². The highest BCUT2D eigenvalue weighted by atomic mass is 79.9. The van der Waals surface area contributed by atoms with Crippen molar-refractivity contribution in [1.29, 1.82) is 0 Å². The molecule has 2 rings (SSSR count). The number of benzene rings is 2. The first-order valence-electron chi connectivity index (χ1n) is 6.72. The van der Waals surface area contributed by atoms with Gasteiger partial charge in [0.2, 0.25) is 0 Å². The minimum atomic E-state index is -1.01. The molecule has 0 radical (unpaired) electrons. The molecular formula is C17H17BrO4. The minimum absolute atomic E-state index is 0.497. The number of methoxy groups -OCH3 is 2. The summed E-state index contributed by atoms with van der Waals surface area (Å²) in [5.74, 6) is -0.695. The molecule has 0 aliphatic carbocycles. The summed E-state index contributed by atoms with van der Waals surface area (Å²) in [6.45, 7) is 0. The van der Waals surface area contributed by atoms with E-state index in [0.717, 1.165) is 4.47 Å². The predicted octanol–water partition coefficient (Wildman–Crippen LogP) is 3.45. The van der Waals surface area contributed by atoms with Crippen molar-refractivity contribution < 1.29 is 19.4 Å². The first-order chi connectivity index (χ1) is 10.6. The monoisotopic (exact) mass is 364 g/mol. The van der Waals surface area contributed by atoms with Gasteiger partial charge in [0, 0.05) is 4.47 Å². The number of ether oxygens (including phenoxy) is 2. The van der Waals surface area contributed by atoms with E-state index >= 15 is 0 Å². The second-order valence-electron chi connectivity index (χ2n) is 4.77. The van der Waals surface area contributed by atoms with Crippen LogP contribution >= 0.6 is 15.9 Å². The van der Waals surface area contributed by atoms with Crippen molar-refractivity contribution in [2.24, 2.45) is 0 Å². The predicted molar refractivity (Wildman–Crippen MR) is 86.9 cm³/mol. The highest BCUT2D eigenvalue weighted by Crippen LogP contribution is 2.34. The lowest BCUT2D eigenvalue weighted by Gasteiger charge is -2.22. The minimum Gasteiger partial charge on any atom is -0.497 e. The van der Waals surface area contributed by atoms with E-state index in [1.165, 1.54) is 7.11 Å². The van der Waals surface area contributed by atoms with Crippen LogP contribution in [0.4, 0.5) is 0 Å². The van der Waals surface area contributed by atoms with Crippen LogP contribution < -0.4 is 4.74 Å². The summed E-state index contributed by atoms with van der Waals surface area (Å²) >= 11 is 3.35. The van der Waals surface area contributed by atoms with Gasteiger partial charge in [0.25, 0.3) is 0 Å². The summed E-state index contributed by atoms with van der Waals surface area (Å²) in [7, 11) is 2.86. The zero-order chi connectivity index (χ0) is 16.1. The summed E-state index contributed by atoms with van der Waals surface area (Å²) in [5, 5.41) is 10.6. The fraction of sp³-hybridized carbons (Fsp3) is 0.235. The van der Waals surface area contributed by atoms with Crippen LogP contribution in [0.1, 0.15) is 23.1 Å². The van der Waals surface area contributed by atoms with Crippen molar-refractivity contribution in [3.8, 4) is 5.75 Å². The number of aliphatic hydroxyl groups excluding tert-OH is 1. The Kier molecular flexibility index (Phi) is 5.57. The number of halogens is 1. The molecule has 0 heterocycles. The van der Waals surface area contributed by atoms with E-state index in [9.17, 15) is 9.90 Å². The molecule has 0 amide bonds. The summed E-state index contributed by atoms with van der Waals surface area (Å²) in [4.78, 5) is 12.2. The van der Waals surface area contributed by atoms with Crippen molar-refractivity contribution in [1.82, 2.24) is 0 Å². The summed E-state index contributed by atoms with van der Waals surface area (Å²) in [5.41, 5.74) is 1.28. The van der Waals surface area contributed by atoms with Crippen LogP contribution in [0.2, 0.25) is 0 Å². The van der Waals surface area contributed by atoms with E-state index < -0.39 is 18.0 Å². The molecule has 0 saturated carbocycles. The van der Waals surface area contributed by atoms with Crippen molar-refractivity contribution in [3.63, 3.8) is 0 Å². The number of carbonyl (C=O) groups is 1. The second-order valence-corrected chi connectivity index (χ2v) is 5.69. The number of hydrogen-bond acceptors (Lipinski definition) is 4. The molecule has 1 N–H and O–H groups in total. The van der Waals surface area contributed by atoms with Crippen LogP contribution in [-0.2, 0) is 9.53 Å². The maximum atomic E-state index is 12.2. The molecule has 0 unspecified atom stereocenters. The van der Waals surface area contributed by atoms with Gasteiger partial charge in [-0.2, -0.15) is 0 Å². The third kappa shape index (κ3) is 3.67. The van der Waals surface area contributed by atoms with Crippen LogP contribution in [0.15, 0.2) is 53.0 Å². The molecule has 0 fully saturated rings. The number of esters is 1. The van der Waals surface area contributed by atoms with Gasteiger partial charge in [0.05, 0.1) is 20.3 Å². The highest BCUT2D eigenvalue weighted by Gasteiger charge is 2.31. The van der Waals surface area contributed by atoms with Crippen molar-refractivity contribution in [2.45, 2.75) is 12.0 Å². The highest BCUT2D eigenvalue weighted by molar-refractivity contribution is 9.10. The van der Waals surface area contributed by atoms with Crippen molar-refractivity contribution >= 4 is 21.9 Å². The van der Waals surface area contributed by atoms with Gasteiger partial charge in [-0.1, -0.05) is 40.2 Å². The largest absolute Gasteiger partial charge is 0.497 e. The number of aliphatic hydroxyl groups is 1. The van der Waals surface area contributed by atoms with E-state index in [2.05, 4.69) is 15.9 Å². The molecule has 0 aliphatic rings. The number of carbonyl (C=O) groups excluding carboxylic acids is 1. The van der Waals surface area contributed by atoms with Gasteiger partial charge in [-0.3, -0.25) is 4.79 Å². The fourth-order valence-electron chi connectivity index (χ4n) is 2.26. The maximum Gasteiger partial charge on any atom is 0.316 e. The molecule has 2 aromatic carbocycles. The van der Waals surface area contributed by atoms with Gasteiger partial charge in [-0.05, 0) is 35.4 Å². The van der Waals surface area contributed by atoms with Gasteiger partial charge in [-0.15, -0.1) is 0 Å². The van der Waals surface area contributed by atoms with Crippen LogP contribution in [0.25, 0.3) is 0 Å². The van der Waals surface area contributed by atoms with Gasteiger partial charge in [-0.25, -0.2) is 0 Å². The molecule has 116 valence electrons. The Morgan fingerprint density at radius 3 is 2.36 bits per heavy atom.